The molecular formula is C31H32N6O5S. The van der Waals surface area contributed by atoms with E-state index in [4.69, 9.17) is 20.8 Å². The lowest BCUT2D eigenvalue weighted by Crippen LogP contribution is -2.42. The van der Waals surface area contributed by atoms with Gasteiger partial charge in [-0.3, -0.25) is 10.3 Å². The Hall–Kier alpha value is -4.89. The molecule has 11 nitrogen and oxygen atoms in total. The van der Waals surface area contributed by atoms with E-state index in [9.17, 15) is 9.59 Å². The van der Waals surface area contributed by atoms with Crippen LogP contribution in [0.2, 0.25) is 0 Å². The van der Waals surface area contributed by atoms with Gasteiger partial charge in [-0.1, -0.05) is 0 Å². The normalized spacial score (nSPS) is 13.7. The van der Waals surface area contributed by atoms with E-state index in [0.717, 1.165) is 12.8 Å². The first-order chi connectivity index (χ1) is 20.7. The number of aromatic nitrogens is 2. The quantitative estimate of drug-likeness (QED) is 0.209. The molecule has 43 heavy (non-hydrogen) atoms. The van der Waals surface area contributed by atoms with E-state index in [1.54, 1.807) is 65.1 Å². The summed E-state index contributed by atoms with van der Waals surface area (Å²) in [4.78, 5) is 38.4. The van der Waals surface area contributed by atoms with E-state index in [1.807, 2.05) is 20.8 Å². The minimum atomic E-state index is -0.522. The molecular weight excluding hydrogens is 568 g/mol. The lowest BCUT2D eigenvalue weighted by Gasteiger charge is -2.33. The highest BCUT2D eigenvalue weighted by atomic mass is 32.1. The van der Waals surface area contributed by atoms with Crippen molar-refractivity contribution in [3.63, 3.8) is 0 Å². The predicted octanol–water partition coefficient (Wildman–Crippen LogP) is 7.70. The second kappa shape index (κ2) is 13.0. The lowest BCUT2D eigenvalue weighted by molar-refractivity contribution is 0.0165. The van der Waals surface area contributed by atoms with Gasteiger partial charge >= 0.3 is 12.1 Å². The summed E-state index contributed by atoms with van der Waals surface area (Å²) in [7, 11) is 0. The average molecular weight is 601 g/mol. The van der Waals surface area contributed by atoms with Gasteiger partial charge in [0.1, 0.15) is 22.8 Å². The van der Waals surface area contributed by atoms with E-state index in [0.29, 0.717) is 64.4 Å². The maximum absolute atomic E-state index is 12.4. The van der Waals surface area contributed by atoms with Crippen LogP contribution in [0.3, 0.4) is 0 Å². The van der Waals surface area contributed by atoms with Crippen molar-refractivity contribution in [2.24, 2.45) is 5.92 Å². The van der Waals surface area contributed by atoms with Gasteiger partial charge in [0.05, 0.1) is 18.7 Å². The van der Waals surface area contributed by atoms with Crippen LogP contribution >= 0.6 is 11.3 Å². The third-order valence-corrected chi connectivity index (χ3v) is 7.32. The number of carbonyl (C=O) groups excluding carboxylic acids is 2. The molecule has 5 rings (SSSR count). The first-order valence-corrected chi connectivity index (χ1v) is 14.7. The number of benzene rings is 2. The number of nitrogens with zero attached hydrogens (tertiary/aromatic N) is 4. The zero-order valence-electron chi connectivity index (χ0n) is 24.1. The van der Waals surface area contributed by atoms with Gasteiger partial charge in [0.25, 0.3) is 0 Å². The third kappa shape index (κ3) is 7.90. The van der Waals surface area contributed by atoms with E-state index in [-0.39, 0.29) is 18.0 Å². The fraction of sp³-hybridized carbons (Fsp3) is 0.323. The third-order valence-electron chi connectivity index (χ3n) is 6.64. The van der Waals surface area contributed by atoms with Crippen LogP contribution in [-0.2, 0) is 4.74 Å². The smallest absolute Gasteiger partial charge is 0.410 e. The Kier molecular flexibility index (Phi) is 8.92. The largest absolute Gasteiger partial charge is 0.504 e. The van der Waals surface area contributed by atoms with Crippen molar-refractivity contribution < 1.29 is 23.8 Å². The lowest BCUT2D eigenvalue weighted by atomic mass is 9.98. The molecule has 0 unspecified atom stereocenters. The van der Waals surface area contributed by atoms with Crippen molar-refractivity contribution >= 4 is 50.9 Å². The molecule has 1 fully saturated rings. The first kappa shape index (κ1) is 29.6. The van der Waals surface area contributed by atoms with Gasteiger partial charge < -0.3 is 24.4 Å². The summed E-state index contributed by atoms with van der Waals surface area (Å²) in [6.07, 6.45) is 4.56. The van der Waals surface area contributed by atoms with Gasteiger partial charge in [0, 0.05) is 41.9 Å². The molecule has 222 valence electrons. The SMILES string of the molecule is [C-]#[N+]c1cc2c(Oc3ccc(NC(=O)Nc4nccs4)cc3)ccnc2cc1OCC1CCN(C(=O)OC(C)(C)C)CC1. The van der Waals surface area contributed by atoms with Gasteiger partial charge in [-0.05, 0) is 82.0 Å². The van der Waals surface area contributed by atoms with Crippen LogP contribution in [0.5, 0.6) is 17.2 Å². The van der Waals surface area contributed by atoms with Crippen LogP contribution in [0, 0.1) is 12.5 Å². The minimum absolute atomic E-state index is 0.256. The Morgan fingerprint density at radius 3 is 2.49 bits per heavy atom. The van der Waals surface area contributed by atoms with Crippen molar-refractivity contribution in [1.82, 2.24) is 14.9 Å². The number of carbonyl (C=O) groups is 2. The van der Waals surface area contributed by atoms with Crippen molar-refractivity contribution in [1.29, 1.82) is 0 Å². The Morgan fingerprint density at radius 2 is 1.81 bits per heavy atom. The highest BCUT2D eigenvalue weighted by Crippen LogP contribution is 2.38. The highest BCUT2D eigenvalue weighted by Gasteiger charge is 2.27. The zero-order valence-corrected chi connectivity index (χ0v) is 24.9. The monoisotopic (exact) mass is 600 g/mol. The average Bonchev–Trinajstić information content (AvgIpc) is 3.49. The summed E-state index contributed by atoms with van der Waals surface area (Å²) in [6, 6.07) is 11.8. The van der Waals surface area contributed by atoms with E-state index in [2.05, 4.69) is 25.4 Å². The van der Waals surface area contributed by atoms with Gasteiger partial charge in [-0.2, -0.15) is 0 Å². The first-order valence-electron chi connectivity index (χ1n) is 13.8. The van der Waals surface area contributed by atoms with Crippen molar-refractivity contribution in [3.8, 4) is 17.2 Å². The topological polar surface area (TPSA) is 119 Å². The fourth-order valence-corrected chi connectivity index (χ4v) is 5.05. The van der Waals surface area contributed by atoms with Crippen LogP contribution in [0.25, 0.3) is 15.7 Å². The molecule has 1 aliphatic heterocycles. The zero-order chi connectivity index (χ0) is 30.4. The Bertz CT molecular complexity index is 1620. The molecule has 0 atom stereocenters. The number of nitrogens with one attached hydrogen (secondary N) is 2. The summed E-state index contributed by atoms with van der Waals surface area (Å²) in [5.74, 6) is 1.82. The Labute approximate surface area is 253 Å². The number of piperidine rings is 1. The van der Waals surface area contributed by atoms with E-state index >= 15 is 0 Å². The number of likely N-dealkylation sites (tertiary alicyclic amines) is 1. The van der Waals surface area contributed by atoms with Crippen molar-refractivity contribution in [2.45, 2.75) is 39.2 Å². The molecule has 1 aliphatic rings. The number of fused-ring (bicyclic) bond motifs is 1. The minimum Gasteiger partial charge on any atom is -0.504 e. The molecule has 4 aromatic rings. The molecule has 3 heterocycles. The maximum Gasteiger partial charge on any atom is 0.410 e. The van der Waals surface area contributed by atoms with Crippen LogP contribution in [-0.4, -0.2) is 52.3 Å². The van der Waals surface area contributed by atoms with Crippen LogP contribution < -0.4 is 20.1 Å². The summed E-state index contributed by atoms with van der Waals surface area (Å²) >= 11 is 1.33. The van der Waals surface area contributed by atoms with Crippen LogP contribution in [0.1, 0.15) is 33.6 Å². The Balaban J connectivity index is 1.20. The number of hydrogen-bond donors (Lipinski definition) is 2. The van der Waals surface area contributed by atoms with Crippen LogP contribution in [0.15, 0.2) is 60.2 Å². The maximum atomic E-state index is 12.4. The molecule has 12 heteroatoms. The molecule has 2 aromatic carbocycles. The summed E-state index contributed by atoms with van der Waals surface area (Å²) in [5.41, 5.74) is 1.07. The fourth-order valence-electron chi connectivity index (χ4n) is 4.52. The molecule has 0 bridgehead atoms. The Morgan fingerprint density at radius 1 is 1.05 bits per heavy atom. The number of anilines is 2. The van der Waals surface area contributed by atoms with Crippen LogP contribution in [0.4, 0.5) is 26.1 Å². The molecule has 0 spiro atoms. The van der Waals surface area contributed by atoms with Gasteiger partial charge in [-0.25, -0.2) is 19.4 Å². The van der Waals surface area contributed by atoms with E-state index in [1.165, 1.54) is 11.3 Å². The van der Waals surface area contributed by atoms with E-state index < -0.39 is 5.60 Å². The summed E-state index contributed by atoms with van der Waals surface area (Å²) < 4.78 is 17.7. The number of ether oxygens (including phenoxy) is 3. The standard InChI is InChI=1S/C31H32N6O5S/c1-31(2,3)42-30(39)37-14-10-20(11-15-37)19-40-27-18-24-23(17-25(27)32-4)26(9-12-33-24)41-22-7-5-21(6-8-22)35-28(38)36-29-34-13-16-43-29/h5-9,12-13,16-18,20H,10-11,14-15,19H2,1-3H3,(H2,34,35,36,38). The summed E-state index contributed by atoms with van der Waals surface area (Å²) in [6.45, 7) is 15.0. The van der Waals surface area contributed by atoms with Gasteiger partial charge in [0.2, 0.25) is 5.69 Å². The molecule has 2 aromatic heterocycles. The number of pyridine rings is 1. The number of rotatable bonds is 7. The molecule has 1 saturated heterocycles. The molecule has 2 N–H and O–H groups in total. The van der Waals surface area contributed by atoms with Crippen molar-refractivity contribution in [2.75, 3.05) is 30.3 Å². The highest BCUT2D eigenvalue weighted by molar-refractivity contribution is 7.13. The second-order valence-electron chi connectivity index (χ2n) is 11.0. The van der Waals surface area contributed by atoms with Crippen molar-refractivity contribution in [3.05, 3.63) is 71.7 Å². The molecule has 0 aliphatic carbocycles. The molecule has 3 amide bonds. The molecule has 0 saturated carbocycles. The number of urea groups is 1. The van der Waals surface area contributed by atoms with Gasteiger partial charge in [0.15, 0.2) is 5.13 Å². The summed E-state index contributed by atoms with van der Waals surface area (Å²) in [5, 5.41) is 8.38. The second-order valence-corrected chi connectivity index (χ2v) is 11.9. The number of amides is 3. The van der Waals surface area contributed by atoms with Gasteiger partial charge in [-0.15, -0.1) is 11.3 Å². The predicted molar refractivity (Wildman–Crippen MR) is 165 cm³/mol. The molecule has 0 radical (unpaired) electrons. The number of hydrogen-bond acceptors (Lipinski definition) is 8. The number of thiazole rings is 1.